The lowest BCUT2D eigenvalue weighted by Crippen LogP contribution is -2.00. The number of nitriles is 1. The van der Waals surface area contributed by atoms with E-state index in [2.05, 4.69) is 0 Å². The molecule has 0 radical (unpaired) electrons. The third kappa shape index (κ3) is 3.09. The molecule has 2 aromatic rings. The summed E-state index contributed by atoms with van der Waals surface area (Å²) in [6, 6.07) is 10.3. The number of ether oxygens (including phenoxy) is 2. The Balaban J connectivity index is 1.95. The van der Waals surface area contributed by atoms with E-state index in [0.717, 1.165) is 5.56 Å². The van der Waals surface area contributed by atoms with E-state index in [-0.39, 0.29) is 18.1 Å². The number of nitrogens with zero attached hydrogens (tertiary/aromatic N) is 1. The number of benzene rings is 2. The van der Waals surface area contributed by atoms with Gasteiger partial charge in [0.15, 0.2) is 12.4 Å². The van der Waals surface area contributed by atoms with Gasteiger partial charge in [-0.2, -0.15) is 5.26 Å². The second-order valence-electron chi connectivity index (χ2n) is 5.17. The Kier molecular flexibility index (Phi) is 4.48. The van der Waals surface area contributed by atoms with Crippen molar-refractivity contribution >= 4 is 35.1 Å². The number of Topliss-reactive ketones (excluding diaryl/α,β-unsaturated/α-hetero) is 1. The van der Waals surface area contributed by atoms with Crippen LogP contribution in [-0.2, 0) is 0 Å². The quantitative estimate of drug-likeness (QED) is 0.737. The van der Waals surface area contributed by atoms with Crippen LogP contribution in [0.5, 0.6) is 11.5 Å². The number of halogens is 2. The van der Waals surface area contributed by atoms with Crippen molar-refractivity contribution in [2.75, 3.05) is 6.61 Å². The maximum Gasteiger partial charge on any atom is 0.232 e. The van der Waals surface area contributed by atoms with Gasteiger partial charge in [-0.3, -0.25) is 4.79 Å². The Bertz CT molecular complexity index is 913. The molecule has 0 amide bonds. The minimum Gasteiger partial charge on any atom is -0.479 e. The first-order valence-corrected chi connectivity index (χ1v) is 7.79. The van der Waals surface area contributed by atoms with Gasteiger partial charge in [0.25, 0.3) is 0 Å². The summed E-state index contributed by atoms with van der Waals surface area (Å²) < 4.78 is 10.9. The van der Waals surface area contributed by atoms with Crippen LogP contribution >= 0.6 is 23.2 Å². The third-order valence-electron chi connectivity index (χ3n) is 3.49. The summed E-state index contributed by atoms with van der Waals surface area (Å²) in [6.07, 6.45) is 1.61. The van der Waals surface area contributed by atoms with E-state index < -0.39 is 0 Å². The number of rotatable bonds is 3. The Hall–Kier alpha value is -2.48. The number of aryl methyl sites for hydroxylation is 1. The van der Waals surface area contributed by atoms with Crippen molar-refractivity contribution in [3.8, 4) is 17.6 Å². The van der Waals surface area contributed by atoms with Gasteiger partial charge in [-0.05, 0) is 42.3 Å². The number of carbonyl (C=O) groups excluding carboxylic acids is 1. The standard InChI is InChI=1S/C18H11Cl2NO3/c1-10-6-12(23-5-4-21)9-15-17(10)18(22)16(24-15)8-11-2-3-13(19)14(20)7-11/h2-3,6-9H,5H2,1H3/b16-8-. The van der Waals surface area contributed by atoms with Gasteiger partial charge in [0.05, 0.1) is 15.6 Å². The summed E-state index contributed by atoms with van der Waals surface area (Å²) in [5.41, 5.74) is 1.92. The van der Waals surface area contributed by atoms with Crippen LogP contribution < -0.4 is 9.47 Å². The number of ketones is 1. The van der Waals surface area contributed by atoms with Gasteiger partial charge < -0.3 is 9.47 Å². The highest BCUT2D eigenvalue weighted by atomic mass is 35.5. The van der Waals surface area contributed by atoms with Gasteiger partial charge in [-0.25, -0.2) is 0 Å². The van der Waals surface area contributed by atoms with Crippen molar-refractivity contribution in [3.63, 3.8) is 0 Å². The van der Waals surface area contributed by atoms with Crippen LogP contribution in [-0.4, -0.2) is 12.4 Å². The fourth-order valence-corrected chi connectivity index (χ4v) is 2.74. The molecule has 24 heavy (non-hydrogen) atoms. The maximum atomic E-state index is 12.6. The van der Waals surface area contributed by atoms with Crippen LogP contribution in [0.3, 0.4) is 0 Å². The number of hydrogen-bond donors (Lipinski definition) is 0. The van der Waals surface area contributed by atoms with Gasteiger partial charge in [0.2, 0.25) is 5.78 Å². The smallest absolute Gasteiger partial charge is 0.232 e. The fraction of sp³-hybridized carbons (Fsp3) is 0.111. The minimum absolute atomic E-state index is 0.0713. The summed E-state index contributed by atoms with van der Waals surface area (Å²) in [7, 11) is 0. The van der Waals surface area contributed by atoms with Crippen molar-refractivity contribution in [1.82, 2.24) is 0 Å². The fourth-order valence-electron chi connectivity index (χ4n) is 2.43. The average Bonchev–Trinajstić information content (AvgIpc) is 2.85. The third-order valence-corrected chi connectivity index (χ3v) is 4.23. The molecule has 0 unspecified atom stereocenters. The van der Waals surface area contributed by atoms with Gasteiger partial charge in [-0.1, -0.05) is 29.3 Å². The van der Waals surface area contributed by atoms with Crippen LogP contribution in [0, 0.1) is 18.3 Å². The molecule has 0 aliphatic carbocycles. The first kappa shape index (κ1) is 16.4. The second-order valence-corrected chi connectivity index (χ2v) is 5.99. The summed E-state index contributed by atoms with van der Waals surface area (Å²) in [5, 5.41) is 9.43. The number of carbonyl (C=O) groups is 1. The summed E-state index contributed by atoms with van der Waals surface area (Å²) in [4.78, 5) is 12.6. The normalized spacial score (nSPS) is 14.2. The molecule has 0 fully saturated rings. The van der Waals surface area contributed by atoms with Crippen molar-refractivity contribution < 1.29 is 14.3 Å². The average molecular weight is 360 g/mol. The van der Waals surface area contributed by atoms with Crippen LogP contribution in [0.2, 0.25) is 10.0 Å². The lowest BCUT2D eigenvalue weighted by molar-refractivity contribution is 0.101. The number of hydrogen-bond acceptors (Lipinski definition) is 4. The van der Waals surface area contributed by atoms with Gasteiger partial charge >= 0.3 is 0 Å². The van der Waals surface area contributed by atoms with Crippen molar-refractivity contribution in [2.45, 2.75) is 6.92 Å². The largest absolute Gasteiger partial charge is 0.479 e. The van der Waals surface area contributed by atoms with E-state index in [1.54, 1.807) is 43.3 Å². The van der Waals surface area contributed by atoms with E-state index in [9.17, 15) is 4.79 Å². The summed E-state index contributed by atoms with van der Waals surface area (Å²) in [6.45, 7) is 1.72. The molecule has 3 rings (SSSR count). The molecule has 4 nitrogen and oxygen atoms in total. The summed E-state index contributed by atoms with van der Waals surface area (Å²) in [5.74, 6) is 0.889. The molecule has 2 aromatic carbocycles. The molecular formula is C18H11Cl2NO3. The molecule has 1 aliphatic rings. The maximum absolute atomic E-state index is 12.6. The van der Waals surface area contributed by atoms with Crippen LogP contribution in [0.15, 0.2) is 36.1 Å². The first-order chi connectivity index (χ1) is 11.5. The van der Waals surface area contributed by atoms with E-state index in [0.29, 0.717) is 32.7 Å². The predicted molar refractivity (Wildman–Crippen MR) is 91.7 cm³/mol. The van der Waals surface area contributed by atoms with Crippen LogP contribution in [0.25, 0.3) is 6.08 Å². The molecular weight excluding hydrogens is 349 g/mol. The molecule has 0 aromatic heterocycles. The highest BCUT2D eigenvalue weighted by molar-refractivity contribution is 6.42. The Morgan fingerprint density at radius 1 is 1.25 bits per heavy atom. The first-order valence-electron chi connectivity index (χ1n) is 7.03. The summed E-state index contributed by atoms with van der Waals surface area (Å²) >= 11 is 11.9. The topological polar surface area (TPSA) is 59.3 Å². The zero-order valence-corrected chi connectivity index (χ0v) is 14.1. The molecule has 0 saturated carbocycles. The zero-order valence-electron chi connectivity index (χ0n) is 12.6. The molecule has 0 N–H and O–H groups in total. The Morgan fingerprint density at radius 3 is 2.75 bits per heavy atom. The van der Waals surface area contributed by atoms with Crippen molar-refractivity contribution in [1.29, 1.82) is 5.26 Å². The van der Waals surface area contributed by atoms with Crippen LogP contribution in [0.1, 0.15) is 21.5 Å². The predicted octanol–water partition coefficient (Wildman–Crippen LogP) is 4.82. The molecule has 6 heteroatoms. The number of allylic oxidation sites excluding steroid dienone is 1. The van der Waals surface area contributed by atoms with Crippen LogP contribution in [0.4, 0.5) is 0 Å². The Labute approximate surface area is 148 Å². The molecule has 0 saturated heterocycles. The molecule has 1 aliphatic heterocycles. The van der Waals surface area contributed by atoms with Gasteiger partial charge in [-0.15, -0.1) is 0 Å². The molecule has 0 bridgehead atoms. The molecule has 1 heterocycles. The van der Waals surface area contributed by atoms with Gasteiger partial charge in [0.1, 0.15) is 17.6 Å². The SMILES string of the molecule is Cc1cc(OCC#N)cc2c1C(=O)/C(=C/c1ccc(Cl)c(Cl)c1)O2. The lowest BCUT2D eigenvalue weighted by atomic mass is 10.0. The molecule has 120 valence electrons. The minimum atomic E-state index is -0.208. The van der Waals surface area contributed by atoms with Gasteiger partial charge in [0, 0.05) is 6.07 Å². The second kappa shape index (κ2) is 6.56. The zero-order chi connectivity index (χ0) is 17.3. The van der Waals surface area contributed by atoms with E-state index >= 15 is 0 Å². The lowest BCUT2D eigenvalue weighted by Gasteiger charge is -2.06. The van der Waals surface area contributed by atoms with E-state index in [4.69, 9.17) is 37.9 Å². The van der Waals surface area contributed by atoms with Crippen molar-refractivity contribution in [3.05, 3.63) is 62.8 Å². The monoisotopic (exact) mass is 359 g/mol. The highest BCUT2D eigenvalue weighted by Crippen LogP contribution is 2.37. The van der Waals surface area contributed by atoms with E-state index in [1.807, 2.05) is 6.07 Å². The molecule has 0 spiro atoms. The molecule has 0 atom stereocenters. The number of fused-ring (bicyclic) bond motifs is 1. The van der Waals surface area contributed by atoms with E-state index in [1.165, 1.54) is 0 Å². The highest BCUT2D eigenvalue weighted by Gasteiger charge is 2.30. The Morgan fingerprint density at radius 2 is 2.04 bits per heavy atom. The van der Waals surface area contributed by atoms with Crippen molar-refractivity contribution in [2.24, 2.45) is 0 Å².